The van der Waals surface area contributed by atoms with Gasteiger partial charge in [0.25, 0.3) is 0 Å². The fraction of sp³-hybridized carbons (Fsp3) is 0.586. The zero-order valence-electron chi connectivity index (χ0n) is 21.4. The standard InChI is InChI=1S/C29H44P2/c1-21-15-10-12-18-25(21)30(26-19-13-11-16-22(26)2)23(3)24-17-14-20-27(24)31(28(4,5)6)29(7,8)9/h10-13,15-16,18-19,23-24,27H,14,17,20H2,1-9H3/t23?,24?,27-/m1/s1. The van der Waals surface area contributed by atoms with Gasteiger partial charge >= 0.3 is 0 Å². The van der Waals surface area contributed by atoms with Crippen molar-refractivity contribution in [3.63, 3.8) is 0 Å². The van der Waals surface area contributed by atoms with E-state index in [0.717, 1.165) is 11.6 Å². The maximum atomic E-state index is 2.60. The van der Waals surface area contributed by atoms with Gasteiger partial charge in [0.1, 0.15) is 0 Å². The van der Waals surface area contributed by atoms with Crippen LogP contribution in [0, 0.1) is 19.8 Å². The minimum absolute atomic E-state index is 0.0832. The summed E-state index contributed by atoms with van der Waals surface area (Å²) in [5.74, 6) is 0.829. The Balaban J connectivity index is 2.08. The van der Waals surface area contributed by atoms with E-state index in [1.165, 1.54) is 30.4 Å². The van der Waals surface area contributed by atoms with E-state index in [-0.39, 0.29) is 15.8 Å². The highest BCUT2D eigenvalue weighted by Gasteiger charge is 2.47. The molecule has 0 aromatic heterocycles. The fourth-order valence-electron chi connectivity index (χ4n) is 6.28. The Morgan fingerprint density at radius 1 is 0.742 bits per heavy atom. The molecular weight excluding hydrogens is 410 g/mol. The van der Waals surface area contributed by atoms with Gasteiger partial charge in [-0.25, -0.2) is 0 Å². The molecule has 31 heavy (non-hydrogen) atoms. The van der Waals surface area contributed by atoms with E-state index in [1.54, 1.807) is 10.6 Å². The SMILES string of the molecule is Cc1ccccc1P(c1ccccc1C)C(C)C1CCC[C@H]1P(C(C)(C)C)C(C)(C)C. The Kier molecular flexibility index (Phi) is 7.77. The molecule has 170 valence electrons. The summed E-state index contributed by atoms with van der Waals surface area (Å²) in [6, 6.07) is 18.4. The third-order valence-electron chi connectivity index (χ3n) is 7.09. The van der Waals surface area contributed by atoms with Crippen molar-refractivity contribution in [2.24, 2.45) is 5.92 Å². The summed E-state index contributed by atoms with van der Waals surface area (Å²) >= 11 is 0. The maximum absolute atomic E-state index is 2.60. The number of hydrogen-bond donors (Lipinski definition) is 0. The molecule has 1 aliphatic carbocycles. The van der Waals surface area contributed by atoms with Crippen LogP contribution >= 0.6 is 15.8 Å². The molecule has 0 bridgehead atoms. The predicted molar refractivity (Wildman–Crippen MR) is 146 cm³/mol. The van der Waals surface area contributed by atoms with Crippen molar-refractivity contribution < 1.29 is 0 Å². The second kappa shape index (κ2) is 9.65. The van der Waals surface area contributed by atoms with Crippen molar-refractivity contribution >= 4 is 26.5 Å². The second-order valence-electron chi connectivity index (χ2n) is 11.6. The van der Waals surface area contributed by atoms with E-state index in [0.29, 0.717) is 16.0 Å². The van der Waals surface area contributed by atoms with Crippen molar-refractivity contribution in [2.75, 3.05) is 0 Å². The van der Waals surface area contributed by atoms with E-state index < -0.39 is 0 Å². The molecule has 2 aromatic rings. The maximum Gasteiger partial charge on any atom is -0.0123 e. The average molecular weight is 455 g/mol. The summed E-state index contributed by atoms with van der Waals surface area (Å²) in [7, 11) is -0.461. The van der Waals surface area contributed by atoms with Gasteiger partial charge in [0.15, 0.2) is 0 Å². The van der Waals surface area contributed by atoms with Crippen molar-refractivity contribution in [1.82, 2.24) is 0 Å². The first kappa shape index (κ1) is 24.9. The van der Waals surface area contributed by atoms with Gasteiger partial charge in [-0.1, -0.05) is 111 Å². The lowest BCUT2D eigenvalue weighted by molar-refractivity contribution is 0.531. The summed E-state index contributed by atoms with van der Waals surface area (Å²) in [6.07, 6.45) is 4.25. The fourth-order valence-corrected chi connectivity index (χ4v) is 14.9. The van der Waals surface area contributed by atoms with E-state index in [2.05, 4.69) is 111 Å². The molecule has 0 radical (unpaired) electrons. The molecule has 0 N–H and O–H groups in total. The third-order valence-corrected chi connectivity index (χ3v) is 14.5. The zero-order chi connectivity index (χ0) is 23.0. The van der Waals surface area contributed by atoms with E-state index >= 15 is 0 Å². The quantitative estimate of drug-likeness (QED) is 0.398. The van der Waals surface area contributed by atoms with Crippen LogP contribution in [0.3, 0.4) is 0 Å². The highest BCUT2D eigenvalue weighted by Crippen LogP contribution is 2.68. The second-order valence-corrected chi connectivity index (χ2v) is 18.2. The van der Waals surface area contributed by atoms with E-state index in [1.807, 2.05) is 0 Å². The summed E-state index contributed by atoms with van der Waals surface area (Å²) < 4.78 is 0. The van der Waals surface area contributed by atoms with Crippen molar-refractivity contribution in [1.29, 1.82) is 0 Å². The first-order chi connectivity index (χ1) is 14.4. The molecule has 1 fully saturated rings. The van der Waals surface area contributed by atoms with E-state index in [9.17, 15) is 0 Å². The normalized spacial score (nSPS) is 21.1. The summed E-state index contributed by atoms with van der Waals surface area (Å²) in [4.78, 5) is 0. The summed E-state index contributed by atoms with van der Waals surface area (Å²) in [5.41, 5.74) is 4.52. The minimum Gasteiger partial charge on any atom is -0.0921 e. The molecule has 2 aromatic carbocycles. The molecule has 2 unspecified atom stereocenters. The highest BCUT2D eigenvalue weighted by atomic mass is 31.1. The molecule has 0 amide bonds. The molecule has 2 heteroatoms. The monoisotopic (exact) mass is 454 g/mol. The predicted octanol–water partition coefficient (Wildman–Crippen LogP) is 8.37. The number of benzene rings is 2. The van der Waals surface area contributed by atoms with E-state index in [4.69, 9.17) is 0 Å². The lowest BCUT2D eigenvalue weighted by Gasteiger charge is -2.49. The summed E-state index contributed by atoms with van der Waals surface area (Å²) in [5, 5.41) is 3.99. The summed E-state index contributed by atoms with van der Waals surface area (Å²) in [6.45, 7) is 22.3. The molecule has 3 atom stereocenters. The molecule has 0 spiro atoms. The van der Waals surface area contributed by atoms with Crippen LogP contribution in [0.5, 0.6) is 0 Å². The van der Waals surface area contributed by atoms with Gasteiger partial charge in [-0.15, -0.1) is 0 Å². The van der Waals surface area contributed by atoms with Crippen LogP contribution in [0.25, 0.3) is 0 Å². The van der Waals surface area contributed by atoms with Gasteiger partial charge in [0.2, 0.25) is 0 Å². The first-order valence-electron chi connectivity index (χ1n) is 12.1. The van der Waals surface area contributed by atoms with Crippen molar-refractivity contribution in [3.8, 4) is 0 Å². The van der Waals surface area contributed by atoms with Crippen LogP contribution in [-0.4, -0.2) is 21.6 Å². The Bertz CT molecular complexity index is 811. The smallest absolute Gasteiger partial charge is 0.0123 e. The molecule has 0 aliphatic heterocycles. The lowest BCUT2D eigenvalue weighted by Crippen LogP contribution is -2.37. The Morgan fingerprint density at radius 3 is 1.61 bits per heavy atom. The molecule has 1 aliphatic rings. The van der Waals surface area contributed by atoms with Gasteiger partial charge in [-0.2, -0.15) is 0 Å². The minimum atomic E-state index is -0.378. The van der Waals surface area contributed by atoms with Crippen molar-refractivity contribution in [2.45, 2.75) is 103 Å². The first-order valence-corrected chi connectivity index (χ1v) is 14.9. The molecular formula is C29H44P2. The van der Waals surface area contributed by atoms with Gasteiger partial charge in [0, 0.05) is 0 Å². The topological polar surface area (TPSA) is 0 Å². The number of hydrogen-bond acceptors (Lipinski definition) is 0. The molecule has 0 saturated heterocycles. The average Bonchev–Trinajstić information content (AvgIpc) is 3.11. The number of rotatable bonds is 5. The van der Waals surface area contributed by atoms with Gasteiger partial charge < -0.3 is 0 Å². The van der Waals surface area contributed by atoms with Crippen LogP contribution in [-0.2, 0) is 0 Å². The molecule has 3 rings (SSSR count). The lowest BCUT2D eigenvalue weighted by atomic mass is 10.0. The van der Waals surface area contributed by atoms with Crippen molar-refractivity contribution in [3.05, 3.63) is 59.7 Å². The van der Waals surface area contributed by atoms with Crippen LogP contribution < -0.4 is 10.6 Å². The highest BCUT2D eigenvalue weighted by molar-refractivity contribution is 7.73. The zero-order valence-corrected chi connectivity index (χ0v) is 23.2. The Labute approximate surface area is 195 Å². The van der Waals surface area contributed by atoms with Crippen LogP contribution in [0.1, 0.15) is 78.9 Å². The van der Waals surface area contributed by atoms with Gasteiger partial charge in [-0.05, 0) is 83.9 Å². The van der Waals surface area contributed by atoms with Gasteiger partial charge in [-0.3, -0.25) is 0 Å². The largest absolute Gasteiger partial charge is 0.0921 e. The van der Waals surface area contributed by atoms with Crippen LogP contribution in [0.2, 0.25) is 0 Å². The van der Waals surface area contributed by atoms with Crippen LogP contribution in [0.4, 0.5) is 0 Å². The molecule has 0 heterocycles. The van der Waals surface area contributed by atoms with Gasteiger partial charge in [0.05, 0.1) is 0 Å². The molecule has 0 nitrogen and oxygen atoms in total. The third kappa shape index (κ3) is 5.45. The molecule has 1 saturated carbocycles. The number of aryl methyl sites for hydroxylation is 2. The Hall–Kier alpha value is -0.700. The van der Waals surface area contributed by atoms with Crippen LogP contribution in [0.15, 0.2) is 48.5 Å². The Morgan fingerprint density at radius 2 is 1.19 bits per heavy atom.